The van der Waals surface area contributed by atoms with Crippen molar-refractivity contribution in [2.45, 2.75) is 0 Å². The second-order valence-corrected chi connectivity index (χ2v) is 3.42. The highest BCUT2D eigenvalue weighted by Gasteiger charge is 2.06. The van der Waals surface area contributed by atoms with Crippen molar-refractivity contribution in [2.75, 3.05) is 11.1 Å². The Bertz CT molecular complexity index is 567. The van der Waals surface area contributed by atoms with Crippen molar-refractivity contribution in [2.24, 2.45) is 0 Å². The molecule has 0 saturated heterocycles. The number of carbonyl (C=O) groups is 1. The van der Waals surface area contributed by atoms with Crippen molar-refractivity contribution in [1.82, 2.24) is 0 Å². The van der Waals surface area contributed by atoms with Crippen molar-refractivity contribution < 1.29 is 9.21 Å². The number of nitrogens with one attached hydrogen (secondary N) is 1. The summed E-state index contributed by atoms with van der Waals surface area (Å²) in [4.78, 5) is 22.4. The van der Waals surface area contributed by atoms with Crippen molar-refractivity contribution in [1.29, 1.82) is 0 Å². The summed E-state index contributed by atoms with van der Waals surface area (Å²) in [5, 5.41) is 2.65. The molecule has 1 aromatic carbocycles. The van der Waals surface area contributed by atoms with Gasteiger partial charge >= 0.3 is 5.63 Å². The summed E-state index contributed by atoms with van der Waals surface area (Å²) in [6.45, 7) is 0. The van der Waals surface area contributed by atoms with E-state index in [1.54, 1.807) is 24.3 Å². The molecule has 86 valence electrons. The number of hydrogen-bond acceptors (Lipinski definition) is 4. The molecule has 17 heavy (non-hydrogen) atoms. The maximum Gasteiger partial charge on any atom is 0.335 e. The molecule has 3 N–H and O–H groups in total. The van der Waals surface area contributed by atoms with E-state index < -0.39 is 5.63 Å². The fraction of sp³-hybridized carbons (Fsp3) is 0. The SMILES string of the molecule is Nc1ccc(NC(=O)c2ccc(=O)oc2)cc1. The molecule has 5 nitrogen and oxygen atoms in total. The topological polar surface area (TPSA) is 85.3 Å². The first kappa shape index (κ1) is 10.9. The number of carbonyl (C=O) groups excluding carboxylic acids is 1. The predicted molar refractivity (Wildman–Crippen MR) is 63.8 cm³/mol. The van der Waals surface area contributed by atoms with Crippen LogP contribution in [0.4, 0.5) is 11.4 Å². The van der Waals surface area contributed by atoms with E-state index in [0.29, 0.717) is 11.4 Å². The molecule has 1 heterocycles. The molecule has 0 fully saturated rings. The summed E-state index contributed by atoms with van der Waals surface area (Å²) in [7, 11) is 0. The maximum atomic E-state index is 11.7. The first-order valence-electron chi connectivity index (χ1n) is 4.91. The van der Waals surface area contributed by atoms with Crippen LogP contribution in [0.3, 0.4) is 0 Å². The van der Waals surface area contributed by atoms with E-state index in [2.05, 4.69) is 9.73 Å². The van der Waals surface area contributed by atoms with Gasteiger partial charge in [0.25, 0.3) is 5.91 Å². The van der Waals surface area contributed by atoms with E-state index in [1.807, 2.05) is 0 Å². The highest BCUT2D eigenvalue weighted by molar-refractivity contribution is 6.03. The lowest BCUT2D eigenvalue weighted by Gasteiger charge is -2.04. The third kappa shape index (κ3) is 2.72. The summed E-state index contributed by atoms with van der Waals surface area (Å²) < 4.78 is 4.60. The summed E-state index contributed by atoms with van der Waals surface area (Å²) >= 11 is 0. The van der Waals surface area contributed by atoms with Gasteiger partial charge in [-0.25, -0.2) is 4.79 Å². The number of nitrogen functional groups attached to an aromatic ring is 1. The molecular formula is C12H10N2O3. The van der Waals surface area contributed by atoms with Gasteiger partial charge in [-0.2, -0.15) is 0 Å². The summed E-state index contributed by atoms with van der Waals surface area (Å²) in [6, 6.07) is 9.33. The minimum absolute atomic E-state index is 0.279. The Morgan fingerprint density at radius 3 is 2.41 bits per heavy atom. The Balaban J connectivity index is 2.14. The van der Waals surface area contributed by atoms with Gasteiger partial charge in [0.05, 0.1) is 5.56 Å². The molecule has 1 amide bonds. The Labute approximate surface area is 96.9 Å². The Morgan fingerprint density at radius 1 is 1.12 bits per heavy atom. The van der Waals surface area contributed by atoms with Crippen LogP contribution in [0.1, 0.15) is 10.4 Å². The van der Waals surface area contributed by atoms with Gasteiger partial charge in [0.2, 0.25) is 0 Å². The first-order valence-corrected chi connectivity index (χ1v) is 4.91. The molecular weight excluding hydrogens is 220 g/mol. The molecule has 2 rings (SSSR count). The van der Waals surface area contributed by atoms with Crippen LogP contribution >= 0.6 is 0 Å². The van der Waals surface area contributed by atoms with Gasteiger partial charge < -0.3 is 15.5 Å². The summed E-state index contributed by atoms with van der Waals surface area (Å²) in [5.74, 6) is -0.349. The molecule has 0 aliphatic heterocycles. The molecule has 5 heteroatoms. The summed E-state index contributed by atoms with van der Waals surface area (Å²) in [5.41, 5.74) is 6.55. The molecule has 0 spiro atoms. The van der Waals surface area contributed by atoms with Crippen molar-refractivity contribution in [3.05, 3.63) is 58.6 Å². The quantitative estimate of drug-likeness (QED) is 0.765. The lowest BCUT2D eigenvalue weighted by molar-refractivity contribution is 0.102. The van der Waals surface area contributed by atoms with Gasteiger partial charge in [-0.15, -0.1) is 0 Å². The van der Waals surface area contributed by atoms with Gasteiger partial charge in [0.15, 0.2) is 0 Å². The molecule has 0 radical (unpaired) electrons. The van der Waals surface area contributed by atoms with Gasteiger partial charge in [0.1, 0.15) is 6.26 Å². The van der Waals surface area contributed by atoms with Crippen molar-refractivity contribution in [3.8, 4) is 0 Å². The van der Waals surface area contributed by atoms with Gasteiger partial charge in [-0.1, -0.05) is 0 Å². The van der Waals surface area contributed by atoms with Crippen molar-refractivity contribution in [3.63, 3.8) is 0 Å². The molecule has 0 atom stereocenters. The zero-order valence-corrected chi connectivity index (χ0v) is 8.84. The Hall–Kier alpha value is -2.56. The second-order valence-electron chi connectivity index (χ2n) is 3.42. The largest absolute Gasteiger partial charge is 0.430 e. The van der Waals surface area contributed by atoms with Gasteiger partial charge in [-0.3, -0.25) is 4.79 Å². The average molecular weight is 230 g/mol. The number of hydrogen-bond donors (Lipinski definition) is 2. The third-order valence-electron chi connectivity index (χ3n) is 2.13. The fourth-order valence-corrected chi connectivity index (χ4v) is 1.26. The van der Waals surface area contributed by atoms with Crippen LogP contribution in [-0.4, -0.2) is 5.91 Å². The lowest BCUT2D eigenvalue weighted by atomic mass is 10.2. The van der Waals surface area contributed by atoms with E-state index >= 15 is 0 Å². The number of benzene rings is 1. The number of amides is 1. The molecule has 0 unspecified atom stereocenters. The third-order valence-corrected chi connectivity index (χ3v) is 2.13. The lowest BCUT2D eigenvalue weighted by Crippen LogP contribution is -2.12. The minimum Gasteiger partial charge on any atom is -0.430 e. The van der Waals surface area contributed by atoms with Crippen LogP contribution in [0.15, 0.2) is 51.9 Å². The van der Waals surface area contributed by atoms with Crippen LogP contribution in [0.25, 0.3) is 0 Å². The van der Waals surface area contributed by atoms with E-state index in [4.69, 9.17) is 5.73 Å². The molecule has 0 bridgehead atoms. The number of rotatable bonds is 2. The average Bonchev–Trinajstić information content (AvgIpc) is 2.33. The smallest absolute Gasteiger partial charge is 0.335 e. The van der Waals surface area contributed by atoms with E-state index in [0.717, 1.165) is 6.26 Å². The molecule has 0 aliphatic carbocycles. The Morgan fingerprint density at radius 2 is 1.82 bits per heavy atom. The minimum atomic E-state index is -0.492. The second kappa shape index (κ2) is 4.52. The highest BCUT2D eigenvalue weighted by atomic mass is 16.4. The normalized spacial score (nSPS) is 9.88. The molecule has 1 aromatic heterocycles. The first-order chi connectivity index (χ1) is 8.15. The molecule has 2 aromatic rings. The predicted octanol–water partition coefficient (Wildman–Crippen LogP) is 1.47. The maximum absolute atomic E-state index is 11.7. The summed E-state index contributed by atoms with van der Waals surface area (Å²) in [6.07, 6.45) is 1.12. The number of anilines is 2. The van der Waals surface area contributed by atoms with Crippen molar-refractivity contribution >= 4 is 17.3 Å². The van der Waals surface area contributed by atoms with Gasteiger partial charge in [-0.05, 0) is 30.3 Å². The van der Waals surface area contributed by atoms with Crippen LogP contribution < -0.4 is 16.7 Å². The fourth-order valence-electron chi connectivity index (χ4n) is 1.26. The molecule has 0 aliphatic rings. The van der Waals surface area contributed by atoms with Crippen LogP contribution in [0.2, 0.25) is 0 Å². The van der Waals surface area contributed by atoms with Crippen LogP contribution in [0, 0.1) is 0 Å². The zero-order chi connectivity index (χ0) is 12.3. The van der Waals surface area contributed by atoms with Crippen LogP contribution in [-0.2, 0) is 0 Å². The van der Waals surface area contributed by atoms with E-state index in [1.165, 1.54) is 12.1 Å². The van der Waals surface area contributed by atoms with E-state index in [-0.39, 0.29) is 11.5 Å². The standard InChI is InChI=1S/C12H10N2O3/c13-9-2-4-10(5-3-9)14-12(16)8-1-6-11(15)17-7-8/h1-7H,13H2,(H,14,16). The Kier molecular flexibility index (Phi) is 2.91. The van der Waals surface area contributed by atoms with E-state index in [9.17, 15) is 9.59 Å². The zero-order valence-electron chi connectivity index (χ0n) is 8.84. The number of nitrogens with two attached hydrogens (primary N) is 1. The van der Waals surface area contributed by atoms with Gasteiger partial charge in [0, 0.05) is 17.4 Å². The highest BCUT2D eigenvalue weighted by Crippen LogP contribution is 2.11. The van der Waals surface area contributed by atoms with Crippen LogP contribution in [0.5, 0.6) is 0 Å². The molecule has 0 saturated carbocycles. The monoisotopic (exact) mass is 230 g/mol.